The lowest BCUT2D eigenvalue weighted by Crippen LogP contribution is -2.09. The van der Waals surface area contributed by atoms with Gasteiger partial charge in [0.05, 0.1) is 13.2 Å². The first-order chi connectivity index (χ1) is 8.20. The monoisotopic (exact) mass is 254 g/mol. The molecule has 0 aromatic heterocycles. The lowest BCUT2D eigenvalue weighted by Gasteiger charge is -2.11. The zero-order chi connectivity index (χ0) is 12.3. The maximum atomic E-state index is 9.79. The van der Waals surface area contributed by atoms with Gasteiger partial charge in [0.25, 0.3) is 0 Å². The molecule has 1 aliphatic rings. The maximum absolute atomic E-state index is 9.79. The van der Waals surface area contributed by atoms with Crippen molar-refractivity contribution in [3.63, 3.8) is 0 Å². The molecular weight excluding hydrogens is 236 g/mol. The minimum Gasteiger partial charge on any atom is -0.496 e. The van der Waals surface area contributed by atoms with Crippen LogP contribution in [-0.2, 0) is 6.42 Å². The average Bonchev–Trinajstić information content (AvgIpc) is 3.13. The Bertz CT molecular complexity index is 374. The van der Waals surface area contributed by atoms with Crippen LogP contribution in [0.5, 0.6) is 5.75 Å². The quantitative estimate of drug-likeness (QED) is 0.843. The highest BCUT2D eigenvalue weighted by Gasteiger charge is 2.28. The summed E-state index contributed by atoms with van der Waals surface area (Å²) in [5.74, 6) is 1.45. The molecule has 1 fully saturated rings. The highest BCUT2D eigenvalue weighted by atomic mass is 35.5. The van der Waals surface area contributed by atoms with E-state index in [0.29, 0.717) is 5.92 Å². The predicted molar refractivity (Wildman–Crippen MR) is 69.7 cm³/mol. The molecule has 1 atom stereocenters. The first-order valence-electron chi connectivity index (χ1n) is 6.21. The zero-order valence-electron chi connectivity index (χ0n) is 10.2. The second-order valence-corrected chi connectivity index (χ2v) is 5.19. The number of rotatable bonds is 6. The standard InChI is InChI=1S/C14H19ClO2/c1-17-14-8-7-12(15)9-11(14)3-2-4-13(16)10-5-6-10/h7-10,13,16H,2-6H2,1H3. The summed E-state index contributed by atoms with van der Waals surface area (Å²) in [5, 5.41) is 10.5. The van der Waals surface area contributed by atoms with Gasteiger partial charge in [-0.2, -0.15) is 0 Å². The van der Waals surface area contributed by atoms with Crippen molar-refractivity contribution in [3.05, 3.63) is 28.8 Å². The Morgan fingerprint density at radius 3 is 2.88 bits per heavy atom. The van der Waals surface area contributed by atoms with Crippen LogP contribution in [-0.4, -0.2) is 18.3 Å². The van der Waals surface area contributed by atoms with Crippen LogP contribution >= 0.6 is 11.6 Å². The summed E-state index contributed by atoms with van der Waals surface area (Å²) >= 11 is 5.97. The van der Waals surface area contributed by atoms with Crippen molar-refractivity contribution < 1.29 is 9.84 Å². The van der Waals surface area contributed by atoms with Gasteiger partial charge in [0.15, 0.2) is 0 Å². The minimum absolute atomic E-state index is 0.111. The van der Waals surface area contributed by atoms with Crippen molar-refractivity contribution in [1.29, 1.82) is 0 Å². The molecule has 0 aliphatic heterocycles. The van der Waals surface area contributed by atoms with Gasteiger partial charge in [-0.3, -0.25) is 0 Å². The molecule has 1 saturated carbocycles. The fourth-order valence-electron chi connectivity index (χ4n) is 2.16. The average molecular weight is 255 g/mol. The number of halogens is 1. The first kappa shape index (κ1) is 12.7. The van der Waals surface area contributed by atoms with E-state index in [9.17, 15) is 5.11 Å². The van der Waals surface area contributed by atoms with Gasteiger partial charge < -0.3 is 9.84 Å². The van der Waals surface area contributed by atoms with Crippen molar-refractivity contribution >= 4 is 11.6 Å². The van der Waals surface area contributed by atoms with Crippen molar-refractivity contribution in [2.24, 2.45) is 5.92 Å². The van der Waals surface area contributed by atoms with Gasteiger partial charge in [-0.25, -0.2) is 0 Å². The van der Waals surface area contributed by atoms with E-state index in [4.69, 9.17) is 16.3 Å². The molecule has 0 saturated heterocycles. The molecule has 1 N–H and O–H groups in total. The summed E-state index contributed by atoms with van der Waals surface area (Å²) in [6, 6.07) is 5.68. The van der Waals surface area contributed by atoms with Gasteiger partial charge in [0.2, 0.25) is 0 Å². The summed E-state index contributed by atoms with van der Waals surface area (Å²) in [6.07, 6.45) is 5.05. The summed E-state index contributed by atoms with van der Waals surface area (Å²) < 4.78 is 5.30. The van der Waals surface area contributed by atoms with Crippen LogP contribution in [0.2, 0.25) is 5.02 Å². The molecule has 2 rings (SSSR count). The first-order valence-corrected chi connectivity index (χ1v) is 6.59. The number of aryl methyl sites for hydroxylation is 1. The van der Waals surface area contributed by atoms with E-state index >= 15 is 0 Å². The number of aliphatic hydroxyl groups excluding tert-OH is 1. The molecule has 0 radical (unpaired) electrons. The van der Waals surface area contributed by atoms with Gasteiger partial charge >= 0.3 is 0 Å². The Kier molecular flexibility index (Phi) is 4.30. The van der Waals surface area contributed by atoms with E-state index in [1.165, 1.54) is 12.8 Å². The fourth-order valence-corrected chi connectivity index (χ4v) is 2.36. The number of benzene rings is 1. The number of methoxy groups -OCH3 is 1. The Balaban J connectivity index is 1.86. The molecule has 1 aromatic rings. The number of hydrogen-bond acceptors (Lipinski definition) is 2. The van der Waals surface area contributed by atoms with E-state index in [0.717, 1.165) is 35.6 Å². The highest BCUT2D eigenvalue weighted by molar-refractivity contribution is 6.30. The Morgan fingerprint density at radius 2 is 2.24 bits per heavy atom. The van der Waals surface area contributed by atoms with Crippen LogP contribution in [0.15, 0.2) is 18.2 Å². The van der Waals surface area contributed by atoms with Crippen LogP contribution in [0.3, 0.4) is 0 Å². The third-order valence-corrected chi connectivity index (χ3v) is 3.59. The largest absolute Gasteiger partial charge is 0.496 e. The van der Waals surface area contributed by atoms with E-state index in [1.807, 2.05) is 18.2 Å². The van der Waals surface area contributed by atoms with Crippen LogP contribution in [0.25, 0.3) is 0 Å². The van der Waals surface area contributed by atoms with Crippen LogP contribution in [0.1, 0.15) is 31.2 Å². The molecule has 0 spiro atoms. The van der Waals surface area contributed by atoms with Crippen molar-refractivity contribution in [1.82, 2.24) is 0 Å². The lowest BCUT2D eigenvalue weighted by atomic mass is 10.0. The lowest BCUT2D eigenvalue weighted by molar-refractivity contribution is 0.139. The summed E-state index contributed by atoms with van der Waals surface area (Å²) in [6.45, 7) is 0. The summed E-state index contributed by atoms with van der Waals surface area (Å²) in [7, 11) is 1.67. The molecule has 0 bridgehead atoms. The van der Waals surface area contributed by atoms with Crippen molar-refractivity contribution in [2.75, 3.05) is 7.11 Å². The highest BCUT2D eigenvalue weighted by Crippen LogP contribution is 2.34. The number of aliphatic hydroxyl groups is 1. The SMILES string of the molecule is COc1ccc(Cl)cc1CCCC(O)C1CC1. The molecular formula is C14H19ClO2. The molecule has 1 unspecified atom stereocenters. The van der Waals surface area contributed by atoms with Crippen molar-refractivity contribution in [3.8, 4) is 5.75 Å². The van der Waals surface area contributed by atoms with E-state index in [1.54, 1.807) is 7.11 Å². The zero-order valence-corrected chi connectivity index (χ0v) is 10.9. The summed E-state index contributed by atoms with van der Waals surface area (Å²) in [4.78, 5) is 0. The molecule has 1 aromatic carbocycles. The third-order valence-electron chi connectivity index (χ3n) is 3.35. The van der Waals surface area contributed by atoms with Crippen LogP contribution in [0.4, 0.5) is 0 Å². The molecule has 1 aliphatic carbocycles. The number of hydrogen-bond donors (Lipinski definition) is 1. The maximum Gasteiger partial charge on any atom is 0.122 e. The molecule has 0 amide bonds. The van der Waals surface area contributed by atoms with Crippen LogP contribution < -0.4 is 4.74 Å². The van der Waals surface area contributed by atoms with Crippen molar-refractivity contribution in [2.45, 2.75) is 38.2 Å². The Morgan fingerprint density at radius 1 is 1.47 bits per heavy atom. The molecule has 3 heteroatoms. The third kappa shape index (κ3) is 3.62. The van der Waals surface area contributed by atoms with E-state index < -0.39 is 0 Å². The minimum atomic E-state index is -0.111. The molecule has 0 heterocycles. The van der Waals surface area contributed by atoms with Gasteiger partial charge in [-0.05, 0) is 61.8 Å². The van der Waals surface area contributed by atoms with Gasteiger partial charge in [-0.1, -0.05) is 11.6 Å². The van der Waals surface area contributed by atoms with Gasteiger partial charge in [0.1, 0.15) is 5.75 Å². The smallest absolute Gasteiger partial charge is 0.122 e. The Labute approximate surface area is 108 Å². The Hall–Kier alpha value is -0.730. The number of ether oxygens (including phenoxy) is 1. The predicted octanol–water partition coefficient (Wildman–Crippen LogP) is 3.44. The van der Waals surface area contributed by atoms with Crippen LogP contribution in [0, 0.1) is 5.92 Å². The second-order valence-electron chi connectivity index (χ2n) is 4.75. The topological polar surface area (TPSA) is 29.5 Å². The summed E-state index contributed by atoms with van der Waals surface area (Å²) in [5.41, 5.74) is 1.13. The fraction of sp³-hybridized carbons (Fsp3) is 0.571. The van der Waals surface area contributed by atoms with E-state index in [-0.39, 0.29) is 6.10 Å². The second kappa shape index (κ2) is 5.74. The molecule has 17 heavy (non-hydrogen) atoms. The van der Waals surface area contributed by atoms with Gasteiger partial charge in [0, 0.05) is 5.02 Å². The normalized spacial score (nSPS) is 16.9. The van der Waals surface area contributed by atoms with Gasteiger partial charge in [-0.15, -0.1) is 0 Å². The molecule has 2 nitrogen and oxygen atoms in total. The van der Waals surface area contributed by atoms with E-state index in [2.05, 4.69) is 0 Å². The molecule has 94 valence electrons.